The van der Waals surface area contributed by atoms with Gasteiger partial charge in [0.25, 0.3) is 0 Å². The SMILES string of the molecule is NS(=O)(=O)c1ccc(CCNCc2nn(Cc3ccc(Cl)cc3)nc2-c2ccccc2)cc1. The standard InChI is InChI=1S/C24H24ClN5O2S/c25-21-10-6-19(7-11-21)17-30-28-23(24(29-30)20-4-2-1-3-5-20)16-27-15-14-18-8-12-22(13-9-18)33(26,31)32/h1-13,27H,14-17H2,(H2,26,31,32). The second-order valence-electron chi connectivity index (χ2n) is 7.63. The van der Waals surface area contributed by atoms with Gasteiger partial charge in [0.15, 0.2) is 0 Å². The zero-order valence-electron chi connectivity index (χ0n) is 17.9. The molecule has 1 aromatic heterocycles. The number of aromatic nitrogens is 3. The summed E-state index contributed by atoms with van der Waals surface area (Å²) in [6, 6.07) is 24.2. The van der Waals surface area contributed by atoms with E-state index in [2.05, 4.69) is 5.32 Å². The summed E-state index contributed by atoms with van der Waals surface area (Å²) in [5, 5.41) is 18.7. The Labute approximate surface area is 198 Å². The first-order valence-corrected chi connectivity index (χ1v) is 12.4. The molecule has 4 rings (SSSR count). The molecule has 0 unspecified atom stereocenters. The molecular weight excluding hydrogens is 458 g/mol. The lowest BCUT2D eigenvalue weighted by molar-refractivity contribution is 0.576. The molecule has 0 saturated carbocycles. The molecule has 0 radical (unpaired) electrons. The average Bonchev–Trinajstić information content (AvgIpc) is 3.21. The van der Waals surface area contributed by atoms with Crippen molar-refractivity contribution in [2.24, 2.45) is 5.14 Å². The van der Waals surface area contributed by atoms with Crippen LogP contribution in [0.2, 0.25) is 5.02 Å². The molecule has 3 N–H and O–H groups in total. The van der Waals surface area contributed by atoms with E-state index in [4.69, 9.17) is 26.9 Å². The molecule has 9 heteroatoms. The summed E-state index contributed by atoms with van der Waals surface area (Å²) in [6.45, 7) is 1.81. The Balaban J connectivity index is 1.43. The number of hydrogen-bond donors (Lipinski definition) is 2. The smallest absolute Gasteiger partial charge is 0.238 e. The Bertz CT molecular complexity index is 1310. The fourth-order valence-electron chi connectivity index (χ4n) is 3.43. The van der Waals surface area contributed by atoms with Crippen LogP contribution in [-0.4, -0.2) is 30.0 Å². The molecule has 0 aliphatic heterocycles. The molecule has 0 aliphatic rings. The van der Waals surface area contributed by atoms with Crippen LogP contribution in [0.4, 0.5) is 0 Å². The Morgan fingerprint density at radius 1 is 0.879 bits per heavy atom. The van der Waals surface area contributed by atoms with Crippen LogP contribution in [-0.2, 0) is 29.5 Å². The van der Waals surface area contributed by atoms with Crippen molar-refractivity contribution in [1.82, 2.24) is 20.3 Å². The number of nitrogens with two attached hydrogens (primary N) is 1. The van der Waals surface area contributed by atoms with Crippen molar-refractivity contribution in [3.63, 3.8) is 0 Å². The van der Waals surface area contributed by atoms with Crippen molar-refractivity contribution >= 4 is 21.6 Å². The molecule has 0 atom stereocenters. The lowest BCUT2D eigenvalue weighted by atomic mass is 10.1. The number of rotatable bonds is 9. The molecule has 0 amide bonds. The van der Waals surface area contributed by atoms with E-state index in [1.807, 2.05) is 54.6 Å². The van der Waals surface area contributed by atoms with Gasteiger partial charge in [-0.15, -0.1) is 0 Å². The molecule has 1 heterocycles. The van der Waals surface area contributed by atoms with Gasteiger partial charge >= 0.3 is 0 Å². The van der Waals surface area contributed by atoms with Crippen LogP contribution in [0.15, 0.2) is 83.8 Å². The number of primary sulfonamides is 1. The van der Waals surface area contributed by atoms with Crippen molar-refractivity contribution in [2.45, 2.75) is 24.4 Å². The van der Waals surface area contributed by atoms with Crippen LogP contribution in [0.5, 0.6) is 0 Å². The van der Waals surface area contributed by atoms with Crippen molar-refractivity contribution < 1.29 is 8.42 Å². The Hall–Kier alpha value is -3.04. The highest BCUT2D eigenvalue weighted by molar-refractivity contribution is 7.89. The molecule has 0 aliphatic carbocycles. The second kappa shape index (κ2) is 10.3. The molecule has 3 aromatic carbocycles. The first-order valence-electron chi connectivity index (χ1n) is 10.4. The number of nitrogens with zero attached hydrogens (tertiary/aromatic N) is 3. The maximum Gasteiger partial charge on any atom is 0.238 e. The van der Waals surface area contributed by atoms with E-state index in [0.717, 1.165) is 34.5 Å². The molecule has 0 spiro atoms. The zero-order valence-corrected chi connectivity index (χ0v) is 19.4. The fourth-order valence-corrected chi connectivity index (χ4v) is 4.07. The van der Waals surface area contributed by atoms with Crippen LogP contribution in [0.25, 0.3) is 11.3 Å². The molecule has 7 nitrogen and oxygen atoms in total. The predicted molar refractivity (Wildman–Crippen MR) is 129 cm³/mol. The Morgan fingerprint density at radius 2 is 1.55 bits per heavy atom. The van der Waals surface area contributed by atoms with E-state index in [9.17, 15) is 8.42 Å². The number of nitrogens with one attached hydrogen (secondary N) is 1. The normalized spacial score (nSPS) is 11.6. The van der Waals surface area contributed by atoms with Gasteiger partial charge in [-0.1, -0.05) is 66.2 Å². The van der Waals surface area contributed by atoms with Crippen LogP contribution < -0.4 is 10.5 Å². The van der Waals surface area contributed by atoms with E-state index in [1.54, 1.807) is 16.9 Å². The van der Waals surface area contributed by atoms with Gasteiger partial charge in [-0.05, 0) is 48.4 Å². The molecule has 170 valence electrons. The lowest BCUT2D eigenvalue weighted by Crippen LogP contribution is -2.18. The summed E-state index contributed by atoms with van der Waals surface area (Å²) >= 11 is 5.99. The van der Waals surface area contributed by atoms with E-state index in [1.165, 1.54) is 12.1 Å². The van der Waals surface area contributed by atoms with Crippen molar-refractivity contribution in [1.29, 1.82) is 0 Å². The van der Waals surface area contributed by atoms with Crippen LogP contribution in [0.1, 0.15) is 16.8 Å². The summed E-state index contributed by atoms with van der Waals surface area (Å²) < 4.78 is 22.8. The predicted octanol–water partition coefficient (Wildman–Crippen LogP) is 3.63. The largest absolute Gasteiger partial charge is 0.311 e. The molecule has 4 aromatic rings. The molecular formula is C24H24ClN5O2S. The van der Waals surface area contributed by atoms with Crippen LogP contribution >= 0.6 is 11.6 Å². The summed E-state index contributed by atoms with van der Waals surface area (Å²) in [5.41, 5.74) is 4.80. The number of hydrogen-bond acceptors (Lipinski definition) is 5. The molecule has 33 heavy (non-hydrogen) atoms. The van der Waals surface area contributed by atoms with Gasteiger partial charge in [-0.3, -0.25) is 0 Å². The average molecular weight is 482 g/mol. The zero-order chi connectivity index (χ0) is 23.3. The maximum absolute atomic E-state index is 11.4. The third-order valence-electron chi connectivity index (χ3n) is 5.14. The van der Waals surface area contributed by atoms with Gasteiger partial charge in [0, 0.05) is 17.1 Å². The highest BCUT2D eigenvalue weighted by atomic mass is 35.5. The molecule has 0 saturated heterocycles. The molecule has 0 fully saturated rings. The highest BCUT2D eigenvalue weighted by Crippen LogP contribution is 2.20. The van der Waals surface area contributed by atoms with E-state index < -0.39 is 10.0 Å². The summed E-state index contributed by atoms with van der Waals surface area (Å²) in [5.74, 6) is 0. The number of sulfonamides is 1. The molecule has 0 bridgehead atoms. The van der Waals surface area contributed by atoms with Crippen molar-refractivity contribution in [3.8, 4) is 11.3 Å². The van der Waals surface area contributed by atoms with Gasteiger partial charge in [-0.2, -0.15) is 15.0 Å². The summed E-state index contributed by atoms with van der Waals surface area (Å²) in [7, 11) is -3.67. The van der Waals surface area contributed by atoms with E-state index in [-0.39, 0.29) is 4.90 Å². The minimum absolute atomic E-state index is 0.115. The Kier molecular flexibility index (Phi) is 7.20. The van der Waals surface area contributed by atoms with Crippen LogP contribution in [0, 0.1) is 0 Å². The first-order chi connectivity index (χ1) is 15.9. The Morgan fingerprint density at radius 3 is 2.21 bits per heavy atom. The monoisotopic (exact) mass is 481 g/mol. The summed E-state index contributed by atoms with van der Waals surface area (Å²) in [6.07, 6.45) is 0.741. The third kappa shape index (κ3) is 6.27. The van der Waals surface area contributed by atoms with Crippen molar-refractivity contribution in [3.05, 3.63) is 101 Å². The minimum Gasteiger partial charge on any atom is -0.311 e. The topological polar surface area (TPSA) is 103 Å². The van der Waals surface area contributed by atoms with Gasteiger partial charge in [0.05, 0.1) is 11.4 Å². The maximum atomic E-state index is 11.4. The van der Waals surface area contributed by atoms with Gasteiger partial charge in [0.1, 0.15) is 11.4 Å². The van der Waals surface area contributed by atoms with E-state index in [0.29, 0.717) is 24.7 Å². The lowest BCUT2D eigenvalue weighted by Gasteiger charge is -2.05. The van der Waals surface area contributed by atoms with Crippen LogP contribution in [0.3, 0.4) is 0 Å². The van der Waals surface area contributed by atoms with Gasteiger partial charge in [-0.25, -0.2) is 13.6 Å². The second-order valence-corrected chi connectivity index (χ2v) is 9.63. The van der Waals surface area contributed by atoms with Crippen molar-refractivity contribution in [2.75, 3.05) is 6.54 Å². The van der Waals surface area contributed by atoms with Gasteiger partial charge in [0.2, 0.25) is 10.0 Å². The highest BCUT2D eigenvalue weighted by Gasteiger charge is 2.13. The van der Waals surface area contributed by atoms with E-state index >= 15 is 0 Å². The summed E-state index contributed by atoms with van der Waals surface area (Å²) in [4.78, 5) is 1.82. The third-order valence-corrected chi connectivity index (χ3v) is 6.33. The quantitative estimate of drug-likeness (QED) is 0.355. The minimum atomic E-state index is -3.67. The number of benzene rings is 3. The first kappa shape index (κ1) is 23.1. The van der Waals surface area contributed by atoms with Gasteiger partial charge < -0.3 is 5.32 Å². The fraction of sp³-hybridized carbons (Fsp3) is 0.167. The number of halogens is 1.